The van der Waals surface area contributed by atoms with Crippen molar-refractivity contribution in [1.82, 2.24) is 0 Å². The van der Waals surface area contributed by atoms with Gasteiger partial charge in [-0.3, -0.25) is 4.79 Å². The molecule has 1 aromatic rings. The van der Waals surface area contributed by atoms with Crippen molar-refractivity contribution < 1.29 is 14.6 Å². The summed E-state index contributed by atoms with van der Waals surface area (Å²) in [5, 5.41) is 9.76. The number of Topliss-reactive ketones (excluding diaryl/α,β-unsaturated/α-hetero) is 1. The number of halogens is 1. The summed E-state index contributed by atoms with van der Waals surface area (Å²) in [6, 6.07) is 1.96. The molecule has 82 valence electrons. The zero-order valence-electron chi connectivity index (χ0n) is 8.45. The highest BCUT2D eigenvalue weighted by atomic mass is 35.5. The van der Waals surface area contributed by atoms with Gasteiger partial charge in [0, 0.05) is 6.07 Å². The fourth-order valence-corrected chi connectivity index (χ4v) is 1.38. The molecule has 0 bridgehead atoms. The van der Waals surface area contributed by atoms with Gasteiger partial charge in [-0.25, -0.2) is 0 Å². The molecule has 3 N–H and O–H groups in total. The summed E-state index contributed by atoms with van der Waals surface area (Å²) in [4.78, 5) is 11.6. The quantitative estimate of drug-likeness (QED) is 0.772. The molecule has 1 rings (SSSR count). The topological polar surface area (TPSA) is 72.5 Å². The number of methoxy groups -OCH3 is 1. The maximum Gasteiger partial charge on any atom is 0.183 e. The van der Waals surface area contributed by atoms with Crippen molar-refractivity contribution in [2.45, 2.75) is 13.0 Å². The lowest BCUT2D eigenvalue weighted by molar-refractivity contribution is 0.0965. The Labute approximate surface area is 92.6 Å². The number of ether oxygens (including phenoxy) is 1. The summed E-state index contributed by atoms with van der Waals surface area (Å²) in [5.74, 6) is -0.218. The highest BCUT2D eigenvalue weighted by molar-refractivity contribution is 6.32. The summed E-state index contributed by atoms with van der Waals surface area (Å²) >= 11 is 5.76. The molecule has 0 fully saturated rings. The Bertz CT molecular complexity index is 390. The molecule has 1 unspecified atom stereocenters. The zero-order valence-corrected chi connectivity index (χ0v) is 9.21. The van der Waals surface area contributed by atoms with Gasteiger partial charge in [0.2, 0.25) is 0 Å². The average Bonchev–Trinajstić information content (AvgIpc) is 2.17. The summed E-state index contributed by atoms with van der Waals surface area (Å²) in [6.07, 6.45) is 0. The van der Waals surface area contributed by atoms with E-state index < -0.39 is 6.04 Å². The van der Waals surface area contributed by atoms with Gasteiger partial charge in [0.15, 0.2) is 5.78 Å². The van der Waals surface area contributed by atoms with Gasteiger partial charge in [0.05, 0.1) is 23.7 Å². The number of ketones is 1. The van der Waals surface area contributed by atoms with Crippen LogP contribution in [0.15, 0.2) is 12.1 Å². The van der Waals surface area contributed by atoms with Gasteiger partial charge >= 0.3 is 0 Å². The van der Waals surface area contributed by atoms with Crippen molar-refractivity contribution in [1.29, 1.82) is 0 Å². The molecule has 0 saturated carbocycles. The minimum absolute atomic E-state index is 0.117. The number of hydrogen-bond acceptors (Lipinski definition) is 4. The van der Waals surface area contributed by atoms with Crippen LogP contribution >= 0.6 is 11.6 Å². The fraction of sp³-hybridized carbons (Fsp3) is 0.300. The number of phenolic OH excluding ortho intramolecular Hbond substituents is 1. The molecule has 0 amide bonds. The van der Waals surface area contributed by atoms with Crippen LogP contribution in [0.5, 0.6) is 11.5 Å². The van der Waals surface area contributed by atoms with Crippen molar-refractivity contribution in [2.75, 3.05) is 7.11 Å². The Balaban J connectivity index is 3.24. The first kappa shape index (κ1) is 11.8. The van der Waals surface area contributed by atoms with Crippen LogP contribution in [-0.4, -0.2) is 24.0 Å². The Kier molecular flexibility index (Phi) is 3.55. The molecule has 0 aliphatic heterocycles. The number of rotatable bonds is 3. The lowest BCUT2D eigenvalue weighted by atomic mass is 10.0. The SMILES string of the molecule is COc1cc(C(=O)C(C)N)c(O)cc1Cl. The minimum atomic E-state index is -0.679. The van der Waals surface area contributed by atoms with Crippen LogP contribution in [0, 0.1) is 0 Å². The molecule has 0 spiro atoms. The molecule has 0 aromatic heterocycles. The second kappa shape index (κ2) is 4.51. The molecule has 5 heteroatoms. The van der Waals surface area contributed by atoms with Crippen molar-refractivity contribution in [3.63, 3.8) is 0 Å². The largest absolute Gasteiger partial charge is 0.507 e. The van der Waals surface area contributed by atoms with E-state index in [1.54, 1.807) is 6.92 Å². The van der Waals surface area contributed by atoms with Crippen LogP contribution in [0.25, 0.3) is 0 Å². The van der Waals surface area contributed by atoms with Crippen LogP contribution < -0.4 is 10.5 Å². The number of hydrogen-bond donors (Lipinski definition) is 2. The molecule has 15 heavy (non-hydrogen) atoms. The predicted octanol–water partition coefficient (Wildman–Crippen LogP) is 1.58. The smallest absolute Gasteiger partial charge is 0.183 e. The van der Waals surface area contributed by atoms with Gasteiger partial charge in [-0.1, -0.05) is 11.6 Å². The Morgan fingerprint density at radius 3 is 2.67 bits per heavy atom. The lowest BCUT2D eigenvalue weighted by Gasteiger charge is -2.10. The van der Waals surface area contributed by atoms with E-state index in [4.69, 9.17) is 22.1 Å². The van der Waals surface area contributed by atoms with Crippen molar-refractivity contribution in [3.8, 4) is 11.5 Å². The molecule has 0 heterocycles. The number of carbonyl (C=O) groups excluding carboxylic acids is 1. The third-order valence-electron chi connectivity index (χ3n) is 1.95. The summed E-state index contributed by atoms with van der Waals surface area (Å²) in [6.45, 7) is 1.54. The summed E-state index contributed by atoms with van der Waals surface area (Å²) in [5.41, 5.74) is 5.55. The molecular weight excluding hydrogens is 218 g/mol. The van der Waals surface area contributed by atoms with E-state index in [9.17, 15) is 9.90 Å². The molecule has 1 aromatic carbocycles. The molecule has 0 saturated heterocycles. The maximum atomic E-state index is 11.6. The monoisotopic (exact) mass is 229 g/mol. The van der Waals surface area contributed by atoms with Crippen molar-refractivity contribution in [3.05, 3.63) is 22.7 Å². The van der Waals surface area contributed by atoms with E-state index >= 15 is 0 Å². The van der Waals surface area contributed by atoms with Gasteiger partial charge in [-0.15, -0.1) is 0 Å². The average molecular weight is 230 g/mol. The maximum absolute atomic E-state index is 11.6. The first-order chi connectivity index (χ1) is 6.97. The Morgan fingerprint density at radius 2 is 2.20 bits per heavy atom. The van der Waals surface area contributed by atoms with E-state index in [1.807, 2.05) is 0 Å². The molecule has 1 atom stereocenters. The number of phenols is 1. The minimum Gasteiger partial charge on any atom is -0.507 e. The lowest BCUT2D eigenvalue weighted by Crippen LogP contribution is -2.26. The van der Waals surface area contributed by atoms with E-state index in [-0.39, 0.29) is 22.1 Å². The van der Waals surface area contributed by atoms with E-state index in [0.29, 0.717) is 5.75 Å². The standard InChI is InChI=1S/C10H12ClNO3/c1-5(12)10(14)6-3-9(15-2)7(11)4-8(6)13/h3-5,13H,12H2,1-2H3. The number of benzene rings is 1. The van der Waals surface area contributed by atoms with Crippen LogP contribution in [0.4, 0.5) is 0 Å². The molecule has 4 nitrogen and oxygen atoms in total. The number of aromatic hydroxyl groups is 1. The van der Waals surface area contributed by atoms with Gasteiger partial charge in [0.25, 0.3) is 0 Å². The van der Waals surface area contributed by atoms with E-state index in [0.717, 1.165) is 0 Å². The number of nitrogens with two attached hydrogens (primary N) is 1. The fourth-order valence-electron chi connectivity index (χ4n) is 1.14. The van der Waals surface area contributed by atoms with Crippen molar-refractivity contribution >= 4 is 17.4 Å². The Morgan fingerprint density at radius 1 is 1.60 bits per heavy atom. The second-order valence-electron chi connectivity index (χ2n) is 3.16. The van der Waals surface area contributed by atoms with Gasteiger partial charge in [-0.2, -0.15) is 0 Å². The zero-order chi connectivity index (χ0) is 11.6. The summed E-state index contributed by atoms with van der Waals surface area (Å²) < 4.78 is 4.93. The first-order valence-electron chi connectivity index (χ1n) is 4.33. The molecule has 0 radical (unpaired) electrons. The normalized spacial score (nSPS) is 12.3. The van der Waals surface area contributed by atoms with Crippen LogP contribution in [0.2, 0.25) is 5.02 Å². The highest BCUT2D eigenvalue weighted by Crippen LogP contribution is 2.32. The van der Waals surface area contributed by atoms with E-state index in [2.05, 4.69) is 0 Å². The molecule has 0 aliphatic carbocycles. The highest BCUT2D eigenvalue weighted by Gasteiger charge is 2.17. The predicted molar refractivity (Wildman–Crippen MR) is 57.6 cm³/mol. The van der Waals surface area contributed by atoms with Crippen LogP contribution in [-0.2, 0) is 0 Å². The van der Waals surface area contributed by atoms with Gasteiger partial charge < -0.3 is 15.6 Å². The Hall–Kier alpha value is -1.26. The van der Waals surface area contributed by atoms with Crippen LogP contribution in [0.3, 0.4) is 0 Å². The third kappa shape index (κ3) is 2.40. The first-order valence-corrected chi connectivity index (χ1v) is 4.71. The molecular formula is C10H12ClNO3. The second-order valence-corrected chi connectivity index (χ2v) is 3.56. The molecule has 0 aliphatic rings. The summed E-state index contributed by atoms with van der Waals surface area (Å²) in [7, 11) is 1.43. The van der Waals surface area contributed by atoms with Gasteiger partial charge in [-0.05, 0) is 13.0 Å². The number of carbonyl (C=O) groups is 1. The van der Waals surface area contributed by atoms with Crippen molar-refractivity contribution in [2.24, 2.45) is 5.73 Å². The van der Waals surface area contributed by atoms with Crippen LogP contribution in [0.1, 0.15) is 17.3 Å². The third-order valence-corrected chi connectivity index (χ3v) is 2.24. The van der Waals surface area contributed by atoms with Gasteiger partial charge in [0.1, 0.15) is 11.5 Å². The van der Waals surface area contributed by atoms with E-state index in [1.165, 1.54) is 19.2 Å².